The minimum atomic E-state index is 0.380. The number of aryl methyl sites for hydroxylation is 3. The quantitative estimate of drug-likeness (QED) is 0.612. The van der Waals surface area contributed by atoms with Crippen LogP contribution in [0.5, 0.6) is 0 Å². The van der Waals surface area contributed by atoms with Crippen LogP contribution in [0.15, 0.2) is 36.4 Å². The number of aromatic amines is 1. The van der Waals surface area contributed by atoms with Crippen LogP contribution in [0.1, 0.15) is 41.3 Å². The Bertz CT molecular complexity index is 971. The summed E-state index contributed by atoms with van der Waals surface area (Å²) >= 11 is 5.71. The van der Waals surface area contributed by atoms with E-state index in [4.69, 9.17) is 17.2 Å². The fourth-order valence-corrected chi connectivity index (χ4v) is 4.25. The van der Waals surface area contributed by atoms with Crippen LogP contribution in [0.25, 0.3) is 11.0 Å². The maximum absolute atomic E-state index is 5.71. The summed E-state index contributed by atoms with van der Waals surface area (Å²) in [7, 11) is 0. The first-order valence-corrected chi connectivity index (χ1v) is 9.99. The molecule has 2 aromatic carbocycles. The zero-order valence-corrected chi connectivity index (χ0v) is 17.0. The van der Waals surface area contributed by atoms with E-state index in [1.54, 1.807) is 0 Å². The molecule has 1 aliphatic heterocycles. The van der Waals surface area contributed by atoms with Gasteiger partial charge in [-0.1, -0.05) is 12.1 Å². The Morgan fingerprint density at radius 1 is 1.11 bits per heavy atom. The second-order valence-corrected chi connectivity index (χ2v) is 8.12. The summed E-state index contributed by atoms with van der Waals surface area (Å²) in [4.78, 5) is 10.6. The Balaban J connectivity index is 1.48. The highest BCUT2D eigenvalue weighted by atomic mass is 32.1. The van der Waals surface area contributed by atoms with E-state index < -0.39 is 0 Å². The molecule has 0 bridgehead atoms. The SMILES string of the molecule is Cc1cc(C)cc(NC(=S)N2CCC[C@@H](c3nc4ccc(C)cc4[nH]3)C2)c1. The fourth-order valence-electron chi connectivity index (χ4n) is 3.97. The Labute approximate surface area is 166 Å². The third-order valence-corrected chi connectivity index (χ3v) is 5.58. The Hall–Kier alpha value is -2.40. The molecule has 0 saturated carbocycles. The summed E-state index contributed by atoms with van der Waals surface area (Å²) in [5, 5.41) is 4.23. The molecule has 4 rings (SSSR count). The van der Waals surface area contributed by atoms with Gasteiger partial charge in [-0.3, -0.25) is 0 Å². The van der Waals surface area contributed by atoms with Gasteiger partial charge in [-0.2, -0.15) is 0 Å². The van der Waals surface area contributed by atoms with Crippen molar-refractivity contribution in [3.63, 3.8) is 0 Å². The van der Waals surface area contributed by atoms with E-state index >= 15 is 0 Å². The number of aromatic nitrogens is 2. The Morgan fingerprint density at radius 2 is 1.89 bits per heavy atom. The van der Waals surface area contributed by atoms with Crippen molar-refractivity contribution in [2.45, 2.75) is 39.5 Å². The highest BCUT2D eigenvalue weighted by Gasteiger charge is 2.25. The van der Waals surface area contributed by atoms with Crippen LogP contribution in [0.2, 0.25) is 0 Å². The minimum Gasteiger partial charge on any atom is -0.348 e. The van der Waals surface area contributed by atoms with E-state index in [-0.39, 0.29) is 0 Å². The summed E-state index contributed by atoms with van der Waals surface area (Å²) in [5.74, 6) is 1.46. The number of fused-ring (bicyclic) bond motifs is 1. The number of benzene rings is 2. The fraction of sp³-hybridized carbons (Fsp3) is 0.364. The first-order valence-electron chi connectivity index (χ1n) is 9.58. The molecular formula is C22H26N4S. The summed E-state index contributed by atoms with van der Waals surface area (Å²) in [6.45, 7) is 8.23. The number of anilines is 1. The van der Waals surface area contributed by atoms with Gasteiger partial charge in [-0.15, -0.1) is 0 Å². The number of nitrogens with one attached hydrogen (secondary N) is 2. The number of thiocarbonyl (C=S) groups is 1. The number of nitrogens with zero attached hydrogens (tertiary/aromatic N) is 2. The second kappa shape index (κ2) is 7.31. The highest BCUT2D eigenvalue weighted by molar-refractivity contribution is 7.80. The predicted octanol–water partition coefficient (Wildman–Crippen LogP) is 5.06. The van der Waals surface area contributed by atoms with Crippen LogP contribution in [-0.4, -0.2) is 33.1 Å². The highest BCUT2D eigenvalue weighted by Crippen LogP contribution is 2.27. The van der Waals surface area contributed by atoms with Crippen molar-refractivity contribution in [3.8, 4) is 0 Å². The normalized spacial score (nSPS) is 17.3. The molecule has 1 atom stereocenters. The molecule has 1 aromatic heterocycles. The van der Waals surface area contributed by atoms with Crippen LogP contribution < -0.4 is 5.32 Å². The van der Waals surface area contributed by atoms with Gasteiger partial charge in [0.2, 0.25) is 0 Å². The molecule has 0 amide bonds. The van der Waals surface area contributed by atoms with Gasteiger partial charge in [-0.05, 0) is 86.8 Å². The van der Waals surface area contributed by atoms with E-state index in [1.165, 1.54) is 16.7 Å². The third-order valence-electron chi connectivity index (χ3n) is 5.22. The molecule has 27 heavy (non-hydrogen) atoms. The van der Waals surface area contributed by atoms with E-state index in [2.05, 4.69) is 72.4 Å². The predicted molar refractivity (Wildman–Crippen MR) is 117 cm³/mol. The van der Waals surface area contributed by atoms with Gasteiger partial charge in [0.1, 0.15) is 5.82 Å². The van der Waals surface area contributed by atoms with Crippen molar-refractivity contribution in [2.75, 3.05) is 18.4 Å². The van der Waals surface area contributed by atoms with Crippen LogP contribution >= 0.6 is 12.2 Å². The number of likely N-dealkylation sites (tertiary alicyclic amines) is 1. The van der Waals surface area contributed by atoms with Crippen molar-refractivity contribution in [2.24, 2.45) is 0 Å². The van der Waals surface area contributed by atoms with E-state index in [1.807, 2.05) is 0 Å². The first kappa shape index (κ1) is 18.0. The molecule has 1 fully saturated rings. The summed E-state index contributed by atoms with van der Waals surface area (Å²) in [6, 6.07) is 12.8. The first-order chi connectivity index (χ1) is 13.0. The van der Waals surface area contributed by atoms with Gasteiger partial charge in [0.15, 0.2) is 5.11 Å². The third kappa shape index (κ3) is 3.98. The largest absolute Gasteiger partial charge is 0.348 e. The molecule has 1 saturated heterocycles. The molecule has 0 spiro atoms. The average Bonchev–Trinajstić information content (AvgIpc) is 3.04. The van der Waals surface area contributed by atoms with E-state index in [9.17, 15) is 0 Å². The molecule has 0 radical (unpaired) electrons. The van der Waals surface area contributed by atoms with E-state index in [0.717, 1.165) is 53.6 Å². The zero-order chi connectivity index (χ0) is 19.0. The topological polar surface area (TPSA) is 44.0 Å². The number of H-pyrrole nitrogens is 1. The lowest BCUT2D eigenvalue weighted by atomic mass is 9.98. The summed E-state index contributed by atoms with van der Waals surface area (Å²) in [6.07, 6.45) is 2.26. The molecule has 4 nitrogen and oxygen atoms in total. The molecule has 0 aliphatic carbocycles. The smallest absolute Gasteiger partial charge is 0.173 e. The number of hydrogen-bond donors (Lipinski definition) is 2. The van der Waals surface area contributed by atoms with Gasteiger partial charge in [0.05, 0.1) is 11.0 Å². The van der Waals surface area contributed by atoms with Gasteiger partial charge >= 0.3 is 0 Å². The van der Waals surface area contributed by atoms with Gasteiger partial charge < -0.3 is 15.2 Å². The van der Waals surface area contributed by atoms with Gasteiger partial charge in [0.25, 0.3) is 0 Å². The number of imidazole rings is 1. The van der Waals surface area contributed by atoms with Crippen LogP contribution in [0, 0.1) is 20.8 Å². The second-order valence-electron chi connectivity index (χ2n) is 7.73. The molecule has 2 N–H and O–H groups in total. The van der Waals surface area contributed by atoms with Crippen LogP contribution in [-0.2, 0) is 0 Å². The van der Waals surface area contributed by atoms with Crippen LogP contribution in [0.4, 0.5) is 5.69 Å². The van der Waals surface area contributed by atoms with Crippen molar-refractivity contribution in [3.05, 3.63) is 58.9 Å². The Morgan fingerprint density at radius 3 is 2.67 bits per heavy atom. The Kier molecular flexibility index (Phi) is 4.87. The molecule has 1 aliphatic rings. The molecule has 140 valence electrons. The lowest BCUT2D eigenvalue weighted by molar-refractivity contribution is 0.307. The molecule has 5 heteroatoms. The van der Waals surface area contributed by atoms with Crippen molar-refractivity contribution in [1.29, 1.82) is 0 Å². The molecular weight excluding hydrogens is 352 g/mol. The summed E-state index contributed by atoms with van der Waals surface area (Å²) in [5.41, 5.74) is 6.98. The van der Waals surface area contributed by atoms with Gasteiger partial charge in [-0.25, -0.2) is 4.98 Å². The lowest BCUT2D eigenvalue weighted by Gasteiger charge is -2.34. The summed E-state index contributed by atoms with van der Waals surface area (Å²) < 4.78 is 0. The maximum atomic E-state index is 5.71. The van der Waals surface area contributed by atoms with Crippen LogP contribution in [0.3, 0.4) is 0 Å². The standard InChI is InChI=1S/C22H26N4S/c1-14-6-7-19-20(12-14)25-21(24-19)17-5-4-8-26(13-17)22(27)23-18-10-15(2)9-16(3)11-18/h6-7,9-12,17H,4-5,8,13H2,1-3H3,(H,23,27)(H,24,25)/t17-/m1/s1. The maximum Gasteiger partial charge on any atom is 0.173 e. The van der Waals surface area contributed by atoms with Crippen molar-refractivity contribution < 1.29 is 0 Å². The molecule has 3 aromatic rings. The zero-order valence-electron chi connectivity index (χ0n) is 16.2. The average molecular weight is 379 g/mol. The van der Waals surface area contributed by atoms with Crippen molar-refractivity contribution >= 4 is 34.1 Å². The number of rotatable bonds is 2. The van der Waals surface area contributed by atoms with E-state index in [0.29, 0.717) is 5.92 Å². The minimum absolute atomic E-state index is 0.380. The number of hydrogen-bond acceptors (Lipinski definition) is 2. The van der Waals surface area contributed by atoms with Gasteiger partial charge in [0, 0.05) is 24.7 Å². The van der Waals surface area contributed by atoms with Crippen molar-refractivity contribution in [1.82, 2.24) is 14.9 Å². The molecule has 0 unspecified atom stereocenters. The lowest BCUT2D eigenvalue weighted by Crippen LogP contribution is -2.41. The number of piperidine rings is 1. The monoisotopic (exact) mass is 378 g/mol. The molecule has 2 heterocycles.